The predicted molar refractivity (Wildman–Crippen MR) is 94.8 cm³/mol. The number of carbonyl (C=O) groups excluding carboxylic acids is 2. The Morgan fingerprint density at radius 3 is 2.48 bits per heavy atom. The van der Waals surface area contributed by atoms with Crippen LogP contribution in [0.5, 0.6) is 0 Å². The van der Waals surface area contributed by atoms with E-state index in [4.69, 9.17) is 23.2 Å². The maximum absolute atomic E-state index is 12.2. The number of halogens is 2. The highest BCUT2D eigenvalue weighted by molar-refractivity contribution is 6.34. The fourth-order valence-electron chi connectivity index (χ4n) is 2.78. The van der Waals surface area contributed by atoms with Gasteiger partial charge in [0.2, 0.25) is 11.8 Å². The number of amides is 2. The minimum atomic E-state index is -1.16. The fourth-order valence-corrected chi connectivity index (χ4v) is 3.35. The summed E-state index contributed by atoms with van der Waals surface area (Å²) in [5.41, 5.74) is 0.607. The van der Waals surface area contributed by atoms with E-state index in [2.05, 4.69) is 5.32 Å². The van der Waals surface area contributed by atoms with Crippen molar-refractivity contribution in [3.8, 4) is 0 Å². The van der Waals surface area contributed by atoms with Crippen LogP contribution in [-0.4, -0.2) is 46.9 Å². The van der Waals surface area contributed by atoms with Gasteiger partial charge in [-0.25, -0.2) is 4.79 Å². The van der Waals surface area contributed by atoms with E-state index in [1.165, 1.54) is 4.90 Å². The summed E-state index contributed by atoms with van der Waals surface area (Å²) >= 11 is 11.8. The van der Waals surface area contributed by atoms with Gasteiger partial charge in [-0.2, -0.15) is 0 Å². The van der Waals surface area contributed by atoms with E-state index in [0.717, 1.165) is 19.3 Å². The van der Waals surface area contributed by atoms with Crippen LogP contribution in [0, 0.1) is 0 Å². The van der Waals surface area contributed by atoms with E-state index in [1.807, 2.05) is 0 Å². The first-order valence-corrected chi connectivity index (χ1v) is 8.85. The fraction of sp³-hybridized carbons (Fsp3) is 0.471. The number of carbonyl (C=O) groups is 3. The van der Waals surface area contributed by atoms with Crippen LogP contribution in [0.2, 0.25) is 10.0 Å². The van der Waals surface area contributed by atoms with Crippen molar-refractivity contribution in [1.29, 1.82) is 0 Å². The largest absolute Gasteiger partial charge is 0.480 e. The summed E-state index contributed by atoms with van der Waals surface area (Å²) in [6, 6.07) is 3.64. The minimum Gasteiger partial charge on any atom is -0.480 e. The first kappa shape index (κ1) is 19.5. The molecule has 25 heavy (non-hydrogen) atoms. The highest BCUT2D eigenvalue weighted by Gasteiger charge is 2.24. The third-order valence-corrected chi connectivity index (χ3v) is 4.44. The average Bonchev–Trinajstić information content (AvgIpc) is 2.70. The van der Waals surface area contributed by atoms with Crippen molar-refractivity contribution < 1.29 is 19.5 Å². The molecule has 1 aliphatic rings. The lowest BCUT2D eigenvalue weighted by Gasteiger charge is -2.21. The number of rotatable bonds is 6. The van der Waals surface area contributed by atoms with E-state index in [0.29, 0.717) is 28.6 Å². The van der Waals surface area contributed by atoms with Gasteiger partial charge in [-0.3, -0.25) is 9.59 Å². The molecule has 0 spiro atoms. The minimum absolute atomic E-state index is 0.0509. The van der Waals surface area contributed by atoms with Gasteiger partial charge in [-0.05, 0) is 36.6 Å². The maximum atomic E-state index is 12.2. The summed E-state index contributed by atoms with van der Waals surface area (Å²) in [5.74, 6) is -1.72. The third kappa shape index (κ3) is 6.21. The van der Waals surface area contributed by atoms with Crippen molar-refractivity contribution in [3.05, 3.63) is 33.8 Å². The molecule has 2 rings (SSSR count). The zero-order valence-electron chi connectivity index (χ0n) is 13.6. The lowest BCUT2D eigenvalue weighted by molar-refractivity contribution is -0.142. The van der Waals surface area contributed by atoms with Crippen LogP contribution in [-0.2, 0) is 20.8 Å². The highest BCUT2D eigenvalue weighted by Crippen LogP contribution is 2.20. The molecule has 0 aliphatic carbocycles. The van der Waals surface area contributed by atoms with E-state index < -0.39 is 17.9 Å². The van der Waals surface area contributed by atoms with E-state index >= 15 is 0 Å². The Morgan fingerprint density at radius 1 is 1.16 bits per heavy atom. The topological polar surface area (TPSA) is 86.7 Å². The van der Waals surface area contributed by atoms with Crippen LogP contribution in [0.25, 0.3) is 0 Å². The molecule has 1 aliphatic heterocycles. The van der Waals surface area contributed by atoms with Crippen molar-refractivity contribution in [3.63, 3.8) is 0 Å². The van der Waals surface area contributed by atoms with E-state index in [1.54, 1.807) is 18.2 Å². The number of likely N-dealkylation sites (tertiary alicyclic amines) is 1. The Kier molecular flexibility index (Phi) is 7.08. The number of aliphatic carboxylic acids is 1. The molecule has 1 fully saturated rings. The monoisotopic (exact) mass is 386 g/mol. The number of carboxylic acids is 1. The Morgan fingerprint density at radius 2 is 1.84 bits per heavy atom. The Balaban J connectivity index is 1.99. The quantitative estimate of drug-likeness (QED) is 0.786. The van der Waals surface area contributed by atoms with Gasteiger partial charge < -0.3 is 15.3 Å². The molecular weight excluding hydrogens is 367 g/mol. The average molecular weight is 387 g/mol. The molecular formula is C17H20Cl2N2O4. The normalized spacial score (nSPS) is 16.2. The number of hydrogen-bond acceptors (Lipinski definition) is 3. The van der Waals surface area contributed by atoms with E-state index in [-0.39, 0.29) is 18.9 Å². The predicted octanol–water partition coefficient (Wildman–Crippen LogP) is 2.51. The first-order valence-electron chi connectivity index (χ1n) is 8.10. The van der Waals surface area contributed by atoms with Crippen molar-refractivity contribution in [2.75, 3.05) is 13.1 Å². The molecule has 6 nitrogen and oxygen atoms in total. The highest BCUT2D eigenvalue weighted by atomic mass is 35.5. The zero-order chi connectivity index (χ0) is 18.4. The molecule has 136 valence electrons. The Labute approximate surface area is 156 Å². The van der Waals surface area contributed by atoms with Crippen LogP contribution in [0.1, 0.15) is 31.2 Å². The molecule has 0 radical (unpaired) electrons. The molecule has 1 atom stereocenters. The van der Waals surface area contributed by atoms with Crippen molar-refractivity contribution in [2.45, 2.75) is 38.1 Å². The smallest absolute Gasteiger partial charge is 0.326 e. The second kappa shape index (κ2) is 9.06. The van der Waals surface area contributed by atoms with Gasteiger partial charge in [0.15, 0.2) is 0 Å². The molecule has 2 amide bonds. The molecule has 0 aromatic heterocycles. The van der Waals surface area contributed by atoms with E-state index in [9.17, 15) is 19.5 Å². The van der Waals surface area contributed by atoms with Gasteiger partial charge in [-0.1, -0.05) is 29.6 Å². The van der Waals surface area contributed by atoms with Gasteiger partial charge in [0.05, 0.1) is 6.54 Å². The van der Waals surface area contributed by atoms with Crippen LogP contribution in [0.15, 0.2) is 18.2 Å². The Bertz CT molecular complexity index is 646. The number of carboxylic acid groups (broad SMARTS) is 1. The lowest BCUT2D eigenvalue weighted by Crippen LogP contribution is -2.47. The zero-order valence-corrected chi connectivity index (χ0v) is 15.1. The summed E-state index contributed by atoms with van der Waals surface area (Å²) in [6.07, 6.45) is 3.11. The molecule has 2 N–H and O–H groups in total. The van der Waals surface area contributed by atoms with Crippen molar-refractivity contribution in [1.82, 2.24) is 10.2 Å². The third-order valence-electron chi connectivity index (χ3n) is 4.00. The molecule has 1 aromatic carbocycles. The van der Waals surface area contributed by atoms with Gasteiger partial charge in [0, 0.05) is 29.4 Å². The van der Waals surface area contributed by atoms with Crippen LogP contribution >= 0.6 is 23.2 Å². The summed E-state index contributed by atoms with van der Waals surface area (Å²) in [6.45, 7) is 0.396. The van der Waals surface area contributed by atoms with Crippen LogP contribution < -0.4 is 5.32 Å². The second-order valence-corrected chi connectivity index (χ2v) is 6.94. The second-order valence-electron chi connectivity index (χ2n) is 6.07. The van der Waals surface area contributed by atoms with Crippen molar-refractivity contribution in [2.24, 2.45) is 0 Å². The molecule has 1 unspecified atom stereocenters. The molecule has 0 saturated carbocycles. The number of benzene rings is 1. The molecule has 8 heteroatoms. The van der Waals surface area contributed by atoms with Gasteiger partial charge >= 0.3 is 5.97 Å². The SMILES string of the molecule is O=C(CN1CCCCCC1=O)NC(Cc1cc(Cl)cc(Cl)c1)C(=O)O. The summed E-state index contributed by atoms with van der Waals surface area (Å²) in [4.78, 5) is 37.1. The maximum Gasteiger partial charge on any atom is 0.326 e. The molecule has 1 heterocycles. The molecule has 0 bridgehead atoms. The van der Waals surface area contributed by atoms with Gasteiger partial charge in [-0.15, -0.1) is 0 Å². The number of nitrogens with one attached hydrogen (secondary N) is 1. The molecule has 1 saturated heterocycles. The number of nitrogens with zero attached hydrogens (tertiary/aromatic N) is 1. The number of hydrogen-bond donors (Lipinski definition) is 2. The standard InChI is InChI=1S/C17H20Cl2N2O4/c18-12-6-11(7-13(19)9-12)8-14(17(24)25)20-15(22)10-21-5-3-1-2-4-16(21)23/h6-7,9,14H,1-5,8,10H2,(H,20,22)(H,24,25). The first-order chi connectivity index (χ1) is 11.8. The summed E-state index contributed by atoms with van der Waals surface area (Å²) in [5, 5.41) is 12.6. The molecule has 1 aromatic rings. The summed E-state index contributed by atoms with van der Waals surface area (Å²) in [7, 11) is 0. The lowest BCUT2D eigenvalue weighted by atomic mass is 10.1. The van der Waals surface area contributed by atoms with Crippen LogP contribution in [0.3, 0.4) is 0 Å². The summed E-state index contributed by atoms with van der Waals surface area (Å²) < 4.78 is 0. The van der Waals surface area contributed by atoms with Gasteiger partial charge in [0.25, 0.3) is 0 Å². The van der Waals surface area contributed by atoms with Crippen molar-refractivity contribution >= 4 is 41.0 Å². The van der Waals surface area contributed by atoms with Crippen LogP contribution in [0.4, 0.5) is 0 Å². The Hall–Kier alpha value is -1.79. The van der Waals surface area contributed by atoms with Gasteiger partial charge in [0.1, 0.15) is 6.04 Å².